The van der Waals surface area contributed by atoms with E-state index in [0.29, 0.717) is 6.61 Å². The topological polar surface area (TPSA) is 41.1 Å². The fourth-order valence-electron chi connectivity index (χ4n) is 2.32. The zero-order valence-corrected chi connectivity index (χ0v) is 13.3. The van der Waals surface area contributed by atoms with Gasteiger partial charge in [-0.25, -0.2) is 4.98 Å². The van der Waals surface area contributed by atoms with Crippen LogP contribution in [0.25, 0.3) is 11.0 Å². The number of rotatable bonds is 4. The Bertz CT molecular complexity index is 807. The second-order valence-electron chi connectivity index (χ2n) is 5.34. The molecule has 3 rings (SSSR count). The average Bonchev–Trinajstić information content (AvgIpc) is 3.01. The molecule has 0 saturated heterocycles. The van der Waals surface area contributed by atoms with Gasteiger partial charge in [-0.05, 0) is 48.4 Å². The van der Waals surface area contributed by atoms with Crippen LogP contribution in [-0.2, 0) is 4.74 Å². The van der Waals surface area contributed by atoms with Gasteiger partial charge in [0.15, 0.2) is 0 Å². The summed E-state index contributed by atoms with van der Waals surface area (Å²) < 4.78 is 5.10. The van der Waals surface area contributed by atoms with E-state index in [-0.39, 0.29) is 0 Å². The summed E-state index contributed by atoms with van der Waals surface area (Å²) in [6, 6.07) is 14.2. The van der Waals surface area contributed by atoms with E-state index in [9.17, 15) is 0 Å². The third kappa shape index (κ3) is 3.71. The van der Waals surface area contributed by atoms with Gasteiger partial charge >= 0.3 is 0 Å². The van der Waals surface area contributed by atoms with Gasteiger partial charge in [-0.2, -0.15) is 0 Å². The van der Waals surface area contributed by atoms with Crippen molar-refractivity contribution in [1.82, 2.24) is 9.97 Å². The Kier molecular flexibility index (Phi) is 4.60. The zero-order valence-electron chi connectivity index (χ0n) is 13.3. The van der Waals surface area contributed by atoms with E-state index in [0.717, 1.165) is 34.5 Å². The number of methoxy groups -OCH3 is 1. The number of aromatic amines is 1. The van der Waals surface area contributed by atoms with Gasteiger partial charge in [-0.3, -0.25) is 0 Å². The normalized spacial score (nSPS) is 10.3. The van der Waals surface area contributed by atoms with Gasteiger partial charge < -0.3 is 14.6 Å². The van der Waals surface area contributed by atoms with Gasteiger partial charge in [0, 0.05) is 43.5 Å². The summed E-state index contributed by atoms with van der Waals surface area (Å²) in [4.78, 5) is 9.64. The largest absolute Gasteiger partial charge is 0.383 e. The molecule has 0 spiro atoms. The SMILES string of the molecule is COCCN(C)c1ccc(C#Cc2cc3cccnc3[nH]2)cc1. The van der Waals surface area contributed by atoms with E-state index >= 15 is 0 Å². The number of ether oxygens (including phenoxy) is 1. The lowest BCUT2D eigenvalue weighted by Gasteiger charge is -2.18. The van der Waals surface area contributed by atoms with Crippen molar-refractivity contribution in [2.45, 2.75) is 0 Å². The van der Waals surface area contributed by atoms with Crippen LogP contribution in [0.2, 0.25) is 0 Å². The lowest BCUT2D eigenvalue weighted by molar-refractivity contribution is 0.206. The molecule has 0 atom stereocenters. The minimum absolute atomic E-state index is 0.715. The molecule has 4 nitrogen and oxygen atoms in total. The van der Waals surface area contributed by atoms with Crippen molar-refractivity contribution in [3.8, 4) is 11.8 Å². The van der Waals surface area contributed by atoms with Crippen molar-refractivity contribution in [2.75, 3.05) is 32.2 Å². The number of benzene rings is 1. The zero-order chi connectivity index (χ0) is 16.1. The number of fused-ring (bicyclic) bond motifs is 1. The molecule has 0 fully saturated rings. The third-order valence-electron chi connectivity index (χ3n) is 3.67. The molecule has 0 amide bonds. The number of pyridine rings is 1. The van der Waals surface area contributed by atoms with Crippen LogP contribution in [-0.4, -0.2) is 37.3 Å². The summed E-state index contributed by atoms with van der Waals surface area (Å²) in [6.45, 7) is 1.58. The molecule has 2 aromatic heterocycles. The van der Waals surface area contributed by atoms with Gasteiger partial charge in [0.1, 0.15) is 5.65 Å². The maximum Gasteiger partial charge on any atom is 0.138 e. The van der Waals surface area contributed by atoms with Crippen LogP contribution >= 0.6 is 0 Å². The minimum atomic E-state index is 0.715. The third-order valence-corrected chi connectivity index (χ3v) is 3.67. The first-order chi connectivity index (χ1) is 11.3. The number of likely N-dealkylation sites (N-methyl/N-ethyl adjacent to an activating group) is 1. The number of hydrogen-bond acceptors (Lipinski definition) is 3. The number of nitrogens with zero attached hydrogens (tertiary/aromatic N) is 2. The van der Waals surface area contributed by atoms with Crippen molar-refractivity contribution < 1.29 is 4.74 Å². The fraction of sp³-hybridized carbons (Fsp3) is 0.211. The molecule has 0 saturated carbocycles. The highest BCUT2D eigenvalue weighted by Crippen LogP contribution is 2.14. The summed E-state index contributed by atoms with van der Waals surface area (Å²) in [5.41, 5.74) is 3.88. The van der Waals surface area contributed by atoms with E-state index in [4.69, 9.17) is 4.74 Å². The Balaban J connectivity index is 1.73. The lowest BCUT2D eigenvalue weighted by atomic mass is 10.2. The van der Waals surface area contributed by atoms with E-state index in [1.165, 1.54) is 0 Å². The van der Waals surface area contributed by atoms with E-state index < -0.39 is 0 Å². The summed E-state index contributed by atoms with van der Waals surface area (Å²) in [7, 11) is 3.77. The van der Waals surface area contributed by atoms with Gasteiger partial charge in [-0.1, -0.05) is 5.92 Å². The molecule has 1 N–H and O–H groups in total. The number of nitrogens with one attached hydrogen (secondary N) is 1. The number of H-pyrrole nitrogens is 1. The summed E-state index contributed by atoms with van der Waals surface area (Å²) >= 11 is 0. The highest BCUT2D eigenvalue weighted by atomic mass is 16.5. The standard InChI is InChI=1S/C19H19N3O/c1-22(12-13-23-2)18-9-6-15(7-10-18)5-8-17-14-16-4-3-11-20-19(16)21-17/h3-4,6-7,9-11,14H,12-13H2,1-2H3,(H,20,21). The Labute approximate surface area is 136 Å². The number of aromatic nitrogens is 2. The molecular weight excluding hydrogens is 286 g/mol. The van der Waals surface area contributed by atoms with E-state index in [2.05, 4.69) is 45.9 Å². The second-order valence-corrected chi connectivity index (χ2v) is 5.34. The Morgan fingerprint density at radius 1 is 1.17 bits per heavy atom. The molecular formula is C19H19N3O. The van der Waals surface area contributed by atoms with Crippen molar-refractivity contribution >= 4 is 16.7 Å². The Morgan fingerprint density at radius 3 is 2.74 bits per heavy atom. The maximum absolute atomic E-state index is 5.10. The summed E-state index contributed by atoms with van der Waals surface area (Å²) in [6.07, 6.45) is 1.77. The van der Waals surface area contributed by atoms with E-state index in [1.54, 1.807) is 13.3 Å². The van der Waals surface area contributed by atoms with Crippen LogP contribution in [0.3, 0.4) is 0 Å². The predicted molar refractivity (Wildman–Crippen MR) is 93.7 cm³/mol. The van der Waals surface area contributed by atoms with Gasteiger partial charge in [0.05, 0.1) is 12.3 Å². The van der Waals surface area contributed by atoms with Crippen molar-refractivity contribution in [1.29, 1.82) is 0 Å². The lowest BCUT2D eigenvalue weighted by Crippen LogP contribution is -2.21. The Morgan fingerprint density at radius 2 is 2.00 bits per heavy atom. The first-order valence-corrected chi connectivity index (χ1v) is 7.52. The van der Waals surface area contributed by atoms with E-state index in [1.807, 2.05) is 30.3 Å². The number of anilines is 1. The first-order valence-electron chi connectivity index (χ1n) is 7.52. The van der Waals surface area contributed by atoms with Crippen LogP contribution in [0.1, 0.15) is 11.3 Å². The molecule has 1 aromatic carbocycles. The molecule has 23 heavy (non-hydrogen) atoms. The average molecular weight is 305 g/mol. The second kappa shape index (κ2) is 6.99. The molecule has 4 heteroatoms. The molecule has 2 heterocycles. The molecule has 116 valence electrons. The van der Waals surface area contributed by atoms with Crippen LogP contribution < -0.4 is 4.90 Å². The molecule has 3 aromatic rings. The summed E-state index contributed by atoms with van der Waals surface area (Å²) in [5, 5.41) is 1.08. The Hall–Kier alpha value is -2.77. The van der Waals surface area contributed by atoms with Gasteiger partial charge in [0.25, 0.3) is 0 Å². The predicted octanol–water partition coefficient (Wildman–Crippen LogP) is 3.05. The molecule has 0 aliphatic rings. The van der Waals surface area contributed by atoms with Crippen molar-refractivity contribution in [2.24, 2.45) is 0 Å². The van der Waals surface area contributed by atoms with Crippen LogP contribution in [0, 0.1) is 11.8 Å². The first kappa shape index (κ1) is 15.1. The fourth-order valence-corrected chi connectivity index (χ4v) is 2.32. The maximum atomic E-state index is 5.10. The summed E-state index contributed by atoms with van der Waals surface area (Å²) in [5.74, 6) is 6.33. The van der Waals surface area contributed by atoms with Crippen LogP contribution in [0.5, 0.6) is 0 Å². The molecule has 0 bridgehead atoms. The highest BCUT2D eigenvalue weighted by molar-refractivity contribution is 5.77. The molecule has 0 aliphatic heterocycles. The minimum Gasteiger partial charge on any atom is -0.383 e. The molecule has 0 aliphatic carbocycles. The van der Waals surface area contributed by atoms with Crippen LogP contribution in [0.4, 0.5) is 5.69 Å². The van der Waals surface area contributed by atoms with Crippen molar-refractivity contribution in [3.63, 3.8) is 0 Å². The van der Waals surface area contributed by atoms with Gasteiger partial charge in [0.2, 0.25) is 0 Å². The van der Waals surface area contributed by atoms with Crippen molar-refractivity contribution in [3.05, 3.63) is 59.9 Å². The van der Waals surface area contributed by atoms with Crippen LogP contribution in [0.15, 0.2) is 48.7 Å². The number of hydrogen-bond donors (Lipinski definition) is 1. The highest BCUT2D eigenvalue weighted by Gasteiger charge is 2.00. The van der Waals surface area contributed by atoms with Gasteiger partial charge in [-0.15, -0.1) is 0 Å². The molecule has 0 unspecified atom stereocenters. The quantitative estimate of drug-likeness (QED) is 0.753. The monoisotopic (exact) mass is 305 g/mol. The molecule has 0 radical (unpaired) electrons. The smallest absolute Gasteiger partial charge is 0.138 e.